The van der Waals surface area contributed by atoms with Gasteiger partial charge in [0.1, 0.15) is 0 Å². The molecule has 0 spiro atoms. The Labute approximate surface area is 81.5 Å². The monoisotopic (exact) mass is 177 g/mol. The lowest BCUT2D eigenvalue weighted by Crippen LogP contribution is -2.31. The molecular weight excluding hydrogens is 158 g/mol. The average Bonchev–Trinajstić information content (AvgIpc) is 2.58. The van der Waals surface area contributed by atoms with Crippen LogP contribution in [0, 0.1) is 29.6 Å². The minimum absolute atomic E-state index is 0.539. The van der Waals surface area contributed by atoms with Gasteiger partial charge in [-0.15, -0.1) is 5.92 Å². The largest absolute Gasteiger partial charge is 0.303 e. The SMILES string of the molecule is CC(C)C#CC1C[C@@H]2C[C@H]1CN2C. The zero-order valence-electron chi connectivity index (χ0n) is 8.88. The molecule has 1 saturated carbocycles. The van der Waals surface area contributed by atoms with Crippen molar-refractivity contribution in [1.29, 1.82) is 0 Å². The maximum atomic E-state index is 3.46. The first-order chi connectivity index (χ1) is 6.16. The predicted octanol–water partition coefficient (Wildman–Crippen LogP) is 1.99. The summed E-state index contributed by atoms with van der Waals surface area (Å²) < 4.78 is 0. The van der Waals surface area contributed by atoms with Crippen LogP contribution in [0.5, 0.6) is 0 Å². The fourth-order valence-corrected chi connectivity index (χ4v) is 2.63. The summed E-state index contributed by atoms with van der Waals surface area (Å²) in [5, 5.41) is 0. The molecule has 1 saturated heterocycles. The van der Waals surface area contributed by atoms with Crippen molar-refractivity contribution in [2.75, 3.05) is 13.6 Å². The first-order valence-corrected chi connectivity index (χ1v) is 5.38. The lowest BCUT2D eigenvalue weighted by Gasteiger charge is -2.25. The van der Waals surface area contributed by atoms with E-state index in [1.54, 1.807) is 0 Å². The molecule has 1 aliphatic heterocycles. The summed E-state index contributed by atoms with van der Waals surface area (Å²) >= 11 is 0. The van der Waals surface area contributed by atoms with E-state index in [0.29, 0.717) is 11.8 Å². The number of rotatable bonds is 0. The Bertz CT molecular complexity index is 244. The molecule has 0 radical (unpaired) electrons. The third kappa shape index (κ3) is 1.74. The lowest BCUT2D eigenvalue weighted by atomic mass is 9.95. The normalized spacial score (nSPS) is 38.0. The summed E-state index contributed by atoms with van der Waals surface area (Å²) in [5.74, 6) is 8.90. The second kappa shape index (κ2) is 3.35. The van der Waals surface area contributed by atoms with Crippen LogP contribution in [0.4, 0.5) is 0 Å². The van der Waals surface area contributed by atoms with Crippen LogP contribution >= 0.6 is 0 Å². The molecule has 72 valence electrons. The molecule has 2 rings (SSSR count). The molecule has 0 N–H and O–H groups in total. The first-order valence-electron chi connectivity index (χ1n) is 5.38. The summed E-state index contributed by atoms with van der Waals surface area (Å²) in [6.07, 6.45) is 2.72. The van der Waals surface area contributed by atoms with Crippen molar-refractivity contribution in [3.05, 3.63) is 0 Å². The van der Waals surface area contributed by atoms with Crippen molar-refractivity contribution >= 4 is 0 Å². The van der Waals surface area contributed by atoms with Crippen LogP contribution in [-0.2, 0) is 0 Å². The number of hydrogen-bond acceptors (Lipinski definition) is 1. The van der Waals surface area contributed by atoms with Gasteiger partial charge < -0.3 is 4.90 Å². The van der Waals surface area contributed by atoms with Gasteiger partial charge in [-0.1, -0.05) is 19.8 Å². The van der Waals surface area contributed by atoms with Crippen molar-refractivity contribution in [2.24, 2.45) is 17.8 Å². The van der Waals surface area contributed by atoms with Crippen LogP contribution in [0.15, 0.2) is 0 Å². The number of piperidine rings is 1. The van der Waals surface area contributed by atoms with Crippen LogP contribution in [-0.4, -0.2) is 24.5 Å². The molecule has 1 nitrogen and oxygen atoms in total. The Morgan fingerprint density at radius 3 is 2.54 bits per heavy atom. The molecule has 1 aliphatic carbocycles. The Hall–Kier alpha value is -0.480. The predicted molar refractivity (Wildman–Crippen MR) is 55.2 cm³/mol. The number of fused-ring (bicyclic) bond motifs is 2. The summed E-state index contributed by atoms with van der Waals surface area (Å²) in [6.45, 7) is 5.63. The van der Waals surface area contributed by atoms with Gasteiger partial charge in [0, 0.05) is 24.4 Å². The highest BCUT2D eigenvalue weighted by atomic mass is 15.2. The topological polar surface area (TPSA) is 3.24 Å². The van der Waals surface area contributed by atoms with Gasteiger partial charge in [-0.2, -0.15) is 0 Å². The van der Waals surface area contributed by atoms with Gasteiger partial charge >= 0.3 is 0 Å². The van der Waals surface area contributed by atoms with E-state index in [0.717, 1.165) is 12.0 Å². The zero-order chi connectivity index (χ0) is 9.42. The maximum Gasteiger partial charge on any atom is 0.0258 e. The van der Waals surface area contributed by atoms with E-state index >= 15 is 0 Å². The van der Waals surface area contributed by atoms with Gasteiger partial charge in [0.2, 0.25) is 0 Å². The smallest absolute Gasteiger partial charge is 0.0258 e. The molecule has 2 bridgehead atoms. The number of likely N-dealkylation sites (tertiary alicyclic amines) is 1. The lowest BCUT2D eigenvalue weighted by molar-refractivity contribution is 0.236. The second-order valence-electron chi connectivity index (χ2n) is 4.87. The van der Waals surface area contributed by atoms with Gasteiger partial charge in [0.05, 0.1) is 0 Å². The van der Waals surface area contributed by atoms with Crippen LogP contribution in [0.2, 0.25) is 0 Å². The van der Waals surface area contributed by atoms with Crippen LogP contribution < -0.4 is 0 Å². The average molecular weight is 177 g/mol. The quantitative estimate of drug-likeness (QED) is 0.511. The van der Waals surface area contributed by atoms with Gasteiger partial charge in [0.25, 0.3) is 0 Å². The van der Waals surface area contributed by atoms with Crippen molar-refractivity contribution < 1.29 is 0 Å². The highest BCUT2D eigenvalue weighted by Gasteiger charge is 2.41. The number of nitrogens with zero attached hydrogens (tertiary/aromatic N) is 1. The van der Waals surface area contributed by atoms with Crippen LogP contribution in [0.3, 0.4) is 0 Å². The van der Waals surface area contributed by atoms with Crippen molar-refractivity contribution in [3.8, 4) is 11.8 Å². The van der Waals surface area contributed by atoms with E-state index in [2.05, 4.69) is 37.6 Å². The van der Waals surface area contributed by atoms with Gasteiger partial charge in [0.15, 0.2) is 0 Å². The third-order valence-corrected chi connectivity index (χ3v) is 3.37. The molecule has 1 heteroatoms. The summed E-state index contributed by atoms with van der Waals surface area (Å²) in [5.41, 5.74) is 0. The Kier molecular flexibility index (Phi) is 2.34. The van der Waals surface area contributed by atoms with Crippen molar-refractivity contribution in [3.63, 3.8) is 0 Å². The molecule has 0 aromatic rings. The van der Waals surface area contributed by atoms with Crippen molar-refractivity contribution in [1.82, 2.24) is 4.90 Å². The van der Waals surface area contributed by atoms with E-state index in [-0.39, 0.29) is 0 Å². The minimum Gasteiger partial charge on any atom is -0.303 e. The van der Waals surface area contributed by atoms with E-state index in [4.69, 9.17) is 0 Å². The number of hydrogen-bond donors (Lipinski definition) is 0. The molecule has 13 heavy (non-hydrogen) atoms. The molecule has 0 amide bonds. The maximum absolute atomic E-state index is 3.46. The zero-order valence-corrected chi connectivity index (χ0v) is 8.88. The molecule has 0 aromatic carbocycles. The second-order valence-corrected chi connectivity index (χ2v) is 4.87. The van der Waals surface area contributed by atoms with Gasteiger partial charge in [-0.05, 0) is 25.8 Å². The molecule has 2 aliphatic rings. The van der Waals surface area contributed by atoms with Gasteiger partial charge in [-0.3, -0.25) is 0 Å². The summed E-state index contributed by atoms with van der Waals surface area (Å²) in [7, 11) is 2.25. The first kappa shape index (κ1) is 9.09. The summed E-state index contributed by atoms with van der Waals surface area (Å²) in [6, 6.07) is 0.844. The van der Waals surface area contributed by atoms with E-state index in [1.807, 2.05) is 0 Å². The van der Waals surface area contributed by atoms with Crippen LogP contribution in [0.1, 0.15) is 26.7 Å². The Morgan fingerprint density at radius 2 is 2.08 bits per heavy atom. The molecular formula is C12H19N. The fourth-order valence-electron chi connectivity index (χ4n) is 2.63. The molecule has 1 heterocycles. The molecule has 3 atom stereocenters. The Morgan fingerprint density at radius 1 is 1.31 bits per heavy atom. The summed E-state index contributed by atoms with van der Waals surface area (Å²) in [4.78, 5) is 2.50. The third-order valence-electron chi connectivity index (χ3n) is 3.37. The van der Waals surface area contributed by atoms with Crippen molar-refractivity contribution in [2.45, 2.75) is 32.7 Å². The molecule has 0 aromatic heterocycles. The molecule has 1 unspecified atom stereocenters. The highest BCUT2D eigenvalue weighted by Crippen LogP contribution is 2.40. The molecule has 2 fully saturated rings. The standard InChI is InChI=1S/C12H19N/c1-9(2)4-5-10-6-12-7-11(10)8-13(12)3/h9-12H,6-8H2,1-3H3/t10?,11-,12+/m0/s1. The van der Waals surface area contributed by atoms with E-state index in [1.165, 1.54) is 19.4 Å². The van der Waals surface area contributed by atoms with Gasteiger partial charge in [-0.25, -0.2) is 0 Å². The highest BCUT2D eigenvalue weighted by molar-refractivity contribution is 5.13. The van der Waals surface area contributed by atoms with Crippen LogP contribution in [0.25, 0.3) is 0 Å². The minimum atomic E-state index is 0.539. The Balaban J connectivity index is 1.97. The van der Waals surface area contributed by atoms with E-state index in [9.17, 15) is 0 Å². The fraction of sp³-hybridized carbons (Fsp3) is 0.833. The van der Waals surface area contributed by atoms with E-state index < -0.39 is 0 Å².